The molecule has 120 valence electrons. The van der Waals surface area contributed by atoms with Crippen molar-refractivity contribution in [3.8, 4) is 11.5 Å². The number of nitrogens with one attached hydrogen (secondary N) is 1. The summed E-state index contributed by atoms with van der Waals surface area (Å²) in [4.78, 5) is 12.3. The van der Waals surface area contributed by atoms with Gasteiger partial charge in [-0.2, -0.15) is 0 Å². The van der Waals surface area contributed by atoms with Crippen LogP contribution in [0.25, 0.3) is 0 Å². The van der Waals surface area contributed by atoms with E-state index in [4.69, 9.17) is 10.5 Å². The summed E-state index contributed by atoms with van der Waals surface area (Å²) in [5, 5.41) is 2.89. The Bertz CT molecular complexity index is 832. The van der Waals surface area contributed by atoms with Crippen molar-refractivity contribution in [2.45, 2.75) is 6.42 Å². The summed E-state index contributed by atoms with van der Waals surface area (Å²) in [6.45, 7) is 0. The summed E-state index contributed by atoms with van der Waals surface area (Å²) < 4.78 is 5.84. The number of hydrogen-bond acceptors (Lipinski definition) is 3. The van der Waals surface area contributed by atoms with E-state index in [-0.39, 0.29) is 12.3 Å². The van der Waals surface area contributed by atoms with Gasteiger partial charge in [-0.3, -0.25) is 4.79 Å². The molecule has 3 aromatic carbocycles. The van der Waals surface area contributed by atoms with Gasteiger partial charge in [0.05, 0.1) is 12.1 Å². The Morgan fingerprint density at radius 3 is 2.46 bits per heavy atom. The average molecular weight is 318 g/mol. The predicted molar refractivity (Wildman–Crippen MR) is 96.1 cm³/mol. The van der Waals surface area contributed by atoms with Crippen molar-refractivity contribution in [1.29, 1.82) is 0 Å². The summed E-state index contributed by atoms with van der Waals surface area (Å²) >= 11 is 0. The van der Waals surface area contributed by atoms with E-state index in [1.54, 1.807) is 12.1 Å². The third-order valence-corrected chi connectivity index (χ3v) is 3.45. The van der Waals surface area contributed by atoms with Crippen LogP contribution in [0.15, 0.2) is 78.9 Å². The Balaban J connectivity index is 1.72. The highest BCUT2D eigenvalue weighted by atomic mass is 16.5. The molecule has 0 atom stereocenters. The number of anilines is 2. The van der Waals surface area contributed by atoms with Gasteiger partial charge in [0.2, 0.25) is 5.91 Å². The van der Waals surface area contributed by atoms with E-state index < -0.39 is 0 Å². The maximum Gasteiger partial charge on any atom is 0.228 e. The van der Waals surface area contributed by atoms with Gasteiger partial charge >= 0.3 is 0 Å². The highest BCUT2D eigenvalue weighted by Gasteiger charge is 2.09. The highest BCUT2D eigenvalue weighted by molar-refractivity contribution is 5.93. The number of nitrogens with two attached hydrogens (primary N) is 1. The van der Waals surface area contributed by atoms with Gasteiger partial charge in [0.1, 0.15) is 5.75 Å². The number of para-hydroxylation sites is 3. The van der Waals surface area contributed by atoms with Crippen LogP contribution in [0.3, 0.4) is 0 Å². The van der Waals surface area contributed by atoms with Crippen molar-refractivity contribution in [2.75, 3.05) is 11.1 Å². The zero-order chi connectivity index (χ0) is 16.8. The van der Waals surface area contributed by atoms with Gasteiger partial charge in [0, 0.05) is 5.69 Å². The number of rotatable bonds is 5. The Morgan fingerprint density at radius 2 is 1.67 bits per heavy atom. The Hall–Kier alpha value is -3.27. The minimum atomic E-state index is -0.121. The van der Waals surface area contributed by atoms with Gasteiger partial charge in [-0.25, -0.2) is 0 Å². The summed E-state index contributed by atoms with van der Waals surface area (Å²) in [6.07, 6.45) is 0.255. The number of ether oxygens (including phenoxy) is 1. The summed E-state index contributed by atoms with van der Waals surface area (Å²) in [5.74, 6) is 1.20. The molecule has 3 aromatic rings. The largest absolute Gasteiger partial charge is 0.455 e. The zero-order valence-corrected chi connectivity index (χ0v) is 13.1. The Kier molecular flexibility index (Phi) is 4.77. The fraction of sp³-hybridized carbons (Fsp3) is 0.0500. The minimum Gasteiger partial charge on any atom is -0.455 e. The zero-order valence-electron chi connectivity index (χ0n) is 13.1. The van der Waals surface area contributed by atoms with E-state index in [2.05, 4.69) is 5.32 Å². The average Bonchev–Trinajstić information content (AvgIpc) is 2.57. The number of carbonyl (C=O) groups is 1. The van der Waals surface area contributed by atoms with Crippen molar-refractivity contribution < 1.29 is 9.53 Å². The molecule has 3 N–H and O–H groups in total. The maximum atomic E-state index is 12.3. The molecule has 0 saturated carbocycles. The maximum absolute atomic E-state index is 12.3. The lowest BCUT2D eigenvalue weighted by Gasteiger charge is -2.12. The lowest BCUT2D eigenvalue weighted by Crippen LogP contribution is -2.15. The van der Waals surface area contributed by atoms with Crippen LogP contribution < -0.4 is 15.8 Å². The fourth-order valence-corrected chi connectivity index (χ4v) is 2.36. The fourth-order valence-electron chi connectivity index (χ4n) is 2.36. The predicted octanol–water partition coefficient (Wildman–Crippen LogP) is 4.24. The molecule has 0 heterocycles. The van der Waals surface area contributed by atoms with Crippen molar-refractivity contribution in [3.63, 3.8) is 0 Å². The topological polar surface area (TPSA) is 64.4 Å². The monoisotopic (exact) mass is 318 g/mol. The SMILES string of the molecule is Nc1cccc(CC(=O)Nc2ccccc2Oc2ccccc2)c1. The number of hydrogen-bond donors (Lipinski definition) is 2. The molecule has 0 aliphatic carbocycles. The van der Waals surface area contributed by atoms with Crippen LogP contribution in [0.1, 0.15) is 5.56 Å². The quantitative estimate of drug-likeness (QED) is 0.691. The molecule has 0 fully saturated rings. The molecule has 3 rings (SSSR count). The lowest BCUT2D eigenvalue weighted by atomic mass is 10.1. The van der Waals surface area contributed by atoms with Crippen LogP contribution in [-0.2, 0) is 11.2 Å². The minimum absolute atomic E-state index is 0.121. The number of amides is 1. The van der Waals surface area contributed by atoms with Crippen molar-refractivity contribution >= 4 is 17.3 Å². The molecule has 1 amide bonds. The first-order valence-corrected chi connectivity index (χ1v) is 7.67. The summed E-state index contributed by atoms with van der Waals surface area (Å²) in [6, 6.07) is 24.1. The standard InChI is InChI=1S/C20H18N2O2/c21-16-8-6-7-15(13-16)14-20(23)22-18-11-4-5-12-19(18)24-17-9-2-1-3-10-17/h1-13H,14,21H2,(H,22,23). The molecule has 24 heavy (non-hydrogen) atoms. The van der Waals surface area contributed by atoms with Gasteiger partial charge in [-0.1, -0.05) is 42.5 Å². The molecule has 0 radical (unpaired) electrons. The molecule has 0 spiro atoms. The number of benzene rings is 3. The van der Waals surface area contributed by atoms with Crippen molar-refractivity contribution in [3.05, 3.63) is 84.4 Å². The van der Waals surface area contributed by atoms with E-state index in [9.17, 15) is 4.79 Å². The van der Waals surface area contributed by atoms with Crippen LogP contribution >= 0.6 is 0 Å². The van der Waals surface area contributed by atoms with Gasteiger partial charge in [-0.05, 0) is 42.0 Å². The first-order valence-electron chi connectivity index (χ1n) is 7.67. The van der Waals surface area contributed by atoms with Gasteiger partial charge in [-0.15, -0.1) is 0 Å². The Labute approximate surface area is 140 Å². The number of carbonyl (C=O) groups excluding carboxylic acids is 1. The second kappa shape index (κ2) is 7.33. The van der Waals surface area contributed by atoms with E-state index >= 15 is 0 Å². The molecule has 0 unspecified atom stereocenters. The second-order valence-electron chi connectivity index (χ2n) is 5.38. The molecule has 0 saturated heterocycles. The molecule has 4 nitrogen and oxygen atoms in total. The van der Waals surface area contributed by atoms with Gasteiger partial charge < -0.3 is 15.8 Å². The van der Waals surface area contributed by atoms with E-state index in [0.717, 1.165) is 11.3 Å². The van der Waals surface area contributed by atoms with Crippen LogP contribution in [-0.4, -0.2) is 5.91 Å². The van der Waals surface area contributed by atoms with Gasteiger partial charge in [0.15, 0.2) is 5.75 Å². The molecule has 0 bridgehead atoms. The summed E-state index contributed by atoms with van der Waals surface area (Å²) in [7, 11) is 0. The van der Waals surface area contributed by atoms with Gasteiger partial charge in [0.25, 0.3) is 0 Å². The van der Waals surface area contributed by atoms with E-state index in [1.165, 1.54) is 0 Å². The highest BCUT2D eigenvalue weighted by Crippen LogP contribution is 2.29. The third-order valence-electron chi connectivity index (χ3n) is 3.45. The van der Waals surface area contributed by atoms with Crippen LogP contribution in [0.4, 0.5) is 11.4 Å². The first kappa shape index (κ1) is 15.6. The van der Waals surface area contributed by atoms with Crippen molar-refractivity contribution in [1.82, 2.24) is 0 Å². The van der Waals surface area contributed by atoms with Crippen LogP contribution in [0.5, 0.6) is 11.5 Å². The third kappa shape index (κ3) is 4.14. The van der Waals surface area contributed by atoms with E-state index in [0.29, 0.717) is 17.1 Å². The normalized spacial score (nSPS) is 10.2. The van der Waals surface area contributed by atoms with Crippen LogP contribution in [0.2, 0.25) is 0 Å². The smallest absolute Gasteiger partial charge is 0.228 e. The first-order chi connectivity index (χ1) is 11.7. The van der Waals surface area contributed by atoms with Crippen LogP contribution in [0, 0.1) is 0 Å². The number of nitrogen functional groups attached to an aromatic ring is 1. The lowest BCUT2D eigenvalue weighted by molar-refractivity contribution is -0.115. The molecule has 0 aliphatic heterocycles. The molecular weight excluding hydrogens is 300 g/mol. The van der Waals surface area contributed by atoms with E-state index in [1.807, 2.05) is 66.7 Å². The summed E-state index contributed by atoms with van der Waals surface area (Å²) in [5.41, 5.74) is 7.90. The molecule has 0 aromatic heterocycles. The molecule has 4 heteroatoms. The van der Waals surface area contributed by atoms with Crippen molar-refractivity contribution in [2.24, 2.45) is 0 Å². The Morgan fingerprint density at radius 1 is 0.917 bits per heavy atom. The molecule has 0 aliphatic rings. The molecular formula is C20H18N2O2. The second-order valence-corrected chi connectivity index (χ2v) is 5.38.